The van der Waals surface area contributed by atoms with E-state index in [9.17, 15) is 4.79 Å². The van der Waals surface area contributed by atoms with Gasteiger partial charge < -0.3 is 9.64 Å². The number of hydrogen-bond donors (Lipinski definition) is 0. The molecular formula is C17H15N3O2. The molecule has 0 N–H and O–H groups in total. The van der Waals surface area contributed by atoms with Crippen LogP contribution in [0.2, 0.25) is 0 Å². The van der Waals surface area contributed by atoms with Crippen LogP contribution in [0.3, 0.4) is 0 Å². The van der Waals surface area contributed by atoms with Crippen LogP contribution in [0.25, 0.3) is 5.70 Å². The Hall–Kier alpha value is -2.69. The maximum atomic E-state index is 12.6. The largest absolute Gasteiger partial charge is 0.497 e. The van der Waals surface area contributed by atoms with Gasteiger partial charge in [-0.15, -0.1) is 0 Å². The zero-order valence-electron chi connectivity index (χ0n) is 12.2. The summed E-state index contributed by atoms with van der Waals surface area (Å²) in [5, 5.41) is 0. The normalized spacial score (nSPS) is 15.6. The van der Waals surface area contributed by atoms with E-state index in [2.05, 4.69) is 16.0 Å². The van der Waals surface area contributed by atoms with Crippen LogP contribution in [0.4, 0.5) is 0 Å². The van der Waals surface area contributed by atoms with Gasteiger partial charge in [-0.1, -0.05) is 18.2 Å². The zero-order chi connectivity index (χ0) is 15.1. The molecule has 4 rings (SSSR count). The van der Waals surface area contributed by atoms with Crippen LogP contribution >= 0.6 is 0 Å². The van der Waals surface area contributed by atoms with Gasteiger partial charge in [0.1, 0.15) is 17.8 Å². The molecule has 0 unspecified atom stereocenters. The van der Waals surface area contributed by atoms with E-state index in [1.54, 1.807) is 12.0 Å². The first kappa shape index (κ1) is 13.0. The molecule has 1 amide bonds. The minimum absolute atomic E-state index is 0.0392. The van der Waals surface area contributed by atoms with Crippen molar-refractivity contribution >= 4 is 11.6 Å². The van der Waals surface area contributed by atoms with Crippen LogP contribution < -0.4 is 4.74 Å². The third-order valence-corrected chi connectivity index (χ3v) is 4.14. The lowest BCUT2D eigenvalue weighted by Gasteiger charge is -2.21. The number of amides is 1. The molecule has 2 aliphatic rings. The van der Waals surface area contributed by atoms with E-state index in [4.69, 9.17) is 4.74 Å². The fourth-order valence-electron chi connectivity index (χ4n) is 3.04. The fourth-order valence-corrected chi connectivity index (χ4v) is 3.04. The summed E-state index contributed by atoms with van der Waals surface area (Å²) in [5.74, 6) is 0.771. The highest BCUT2D eigenvalue weighted by atomic mass is 16.5. The number of carbonyl (C=O) groups excluding carboxylic acids is 1. The van der Waals surface area contributed by atoms with Crippen molar-refractivity contribution in [1.82, 2.24) is 14.9 Å². The number of carbonyl (C=O) groups is 1. The highest BCUT2D eigenvalue weighted by molar-refractivity contribution is 6.08. The number of allylic oxidation sites excluding steroid dienone is 1. The number of ether oxygens (including phenoxy) is 1. The molecule has 0 atom stereocenters. The minimum atomic E-state index is -0.0392. The molecular weight excluding hydrogens is 278 g/mol. The van der Waals surface area contributed by atoms with Crippen LogP contribution in [0.15, 0.2) is 36.7 Å². The topological polar surface area (TPSA) is 55.3 Å². The van der Waals surface area contributed by atoms with Gasteiger partial charge in [0.25, 0.3) is 5.91 Å². The SMILES string of the molecule is COc1ccc(CN2C(=O)c3ncnc4c3C2=CCC4)cc1. The number of aromatic nitrogens is 2. The molecule has 1 aromatic carbocycles. The summed E-state index contributed by atoms with van der Waals surface area (Å²) in [6.07, 6.45) is 5.39. The maximum Gasteiger partial charge on any atom is 0.278 e. The minimum Gasteiger partial charge on any atom is -0.497 e. The lowest BCUT2D eigenvalue weighted by atomic mass is 10.0. The monoisotopic (exact) mass is 293 g/mol. The first-order valence-electron chi connectivity index (χ1n) is 7.27. The Morgan fingerprint density at radius 3 is 2.82 bits per heavy atom. The number of rotatable bonds is 3. The molecule has 22 heavy (non-hydrogen) atoms. The highest BCUT2D eigenvalue weighted by Gasteiger charge is 2.37. The lowest BCUT2D eigenvalue weighted by molar-refractivity contribution is 0.0838. The van der Waals surface area contributed by atoms with E-state index in [1.807, 2.05) is 24.3 Å². The van der Waals surface area contributed by atoms with Crippen molar-refractivity contribution in [1.29, 1.82) is 0 Å². The number of hydrogen-bond acceptors (Lipinski definition) is 4. The Bertz CT molecular complexity index is 781. The molecule has 2 heterocycles. The van der Waals surface area contributed by atoms with E-state index in [0.29, 0.717) is 12.2 Å². The molecule has 0 saturated heterocycles. The third kappa shape index (κ3) is 1.89. The smallest absolute Gasteiger partial charge is 0.278 e. The Morgan fingerprint density at radius 2 is 2.05 bits per heavy atom. The quantitative estimate of drug-likeness (QED) is 0.872. The van der Waals surface area contributed by atoms with E-state index in [0.717, 1.165) is 41.1 Å². The highest BCUT2D eigenvalue weighted by Crippen LogP contribution is 2.37. The van der Waals surface area contributed by atoms with Gasteiger partial charge >= 0.3 is 0 Å². The molecule has 0 saturated carbocycles. The molecule has 1 aliphatic carbocycles. The van der Waals surface area contributed by atoms with Gasteiger partial charge in [0.05, 0.1) is 30.6 Å². The first-order valence-corrected chi connectivity index (χ1v) is 7.27. The van der Waals surface area contributed by atoms with Gasteiger partial charge in [0, 0.05) is 0 Å². The van der Waals surface area contributed by atoms with Crippen LogP contribution in [0.5, 0.6) is 5.75 Å². The average molecular weight is 293 g/mol. The summed E-state index contributed by atoms with van der Waals surface area (Å²) in [6.45, 7) is 0.532. The standard InChI is InChI=1S/C17H15N3O2/c1-22-12-7-5-11(6-8-12)9-20-14-4-2-3-13-15(14)16(17(20)21)19-10-18-13/h4-8,10H,2-3,9H2,1H3. The zero-order valence-corrected chi connectivity index (χ0v) is 12.2. The van der Waals surface area contributed by atoms with Crippen molar-refractivity contribution < 1.29 is 9.53 Å². The molecule has 0 spiro atoms. The number of methoxy groups -OCH3 is 1. The Balaban J connectivity index is 1.69. The van der Waals surface area contributed by atoms with E-state index < -0.39 is 0 Å². The third-order valence-electron chi connectivity index (χ3n) is 4.14. The molecule has 2 aromatic rings. The van der Waals surface area contributed by atoms with Gasteiger partial charge in [-0.05, 0) is 30.5 Å². The molecule has 5 heteroatoms. The second-order valence-corrected chi connectivity index (χ2v) is 5.41. The lowest BCUT2D eigenvalue weighted by Crippen LogP contribution is -2.23. The van der Waals surface area contributed by atoms with Gasteiger partial charge in [-0.2, -0.15) is 0 Å². The summed E-state index contributed by atoms with van der Waals surface area (Å²) in [7, 11) is 1.64. The second kappa shape index (κ2) is 4.94. The maximum absolute atomic E-state index is 12.6. The van der Waals surface area contributed by atoms with Gasteiger partial charge in [-0.3, -0.25) is 4.79 Å². The summed E-state index contributed by atoms with van der Waals surface area (Å²) in [4.78, 5) is 23.0. The molecule has 0 fully saturated rings. The first-order chi connectivity index (χ1) is 10.8. The van der Waals surface area contributed by atoms with E-state index in [-0.39, 0.29) is 5.91 Å². The fraction of sp³-hybridized carbons (Fsp3) is 0.235. The number of benzene rings is 1. The average Bonchev–Trinajstić information content (AvgIpc) is 2.84. The van der Waals surface area contributed by atoms with E-state index in [1.165, 1.54) is 6.33 Å². The Kier molecular flexibility index (Phi) is 2.92. The van der Waals surface area contributed by atoms with Crippen molar-refractivity contribution in [3.05, 3.63) is 59.2 Å². The van der Waals surface area contributed by atoms with Crippen LogP contribution in [-0.2, 0) is 13.0 Å². The van der Waals surface area contributed by atoms with Gasteiger partial charge in [0.2, 0.25) is 0 Å². The van der Waals surface area contributed by atoms with Crippen molar-refractivity contribution in [3.8, 4) is 5.75 Å². The summed E-state index contributed by atoms with van der Waals surface area (Å²) >= 11 is 0. The Morgan fingerprint density at radius 1 is 1.23 bits per heavy atom. The van der Waals surface area contributed by atoms with Crippen molar-refractivity contribution in [2.45, 2.75) is 19.4 Å². The molecule has 110 valence electrons. The van der Waals surface area contributed by atoms with Crippen LogP contribution in [0, 0.1) is 0 Å². The van der Waals surface area contributed by atoms with Crippen molar-refractivity contribution in [2.75, 3.05) is 7.11 Å². The summed E-state index contributed by atoms with van der Waals surface area (Å²) < 4.78 is 5.17. The predicted octanol–water partition coefficient (Wildman–Crippen LogP) is 2.43. The second-order valence-electron chi connectivity index (χ2n) is 5.41. The summed E-state index contributed by atoms with van der Waals surface area (Å²) in [6, 6.07) is 7.77. The van der Waals surface area contributed by atoms with Gasteiger partial charge in [0.15, 0.2) is 0 Å². The summed E-state index contributed by atoms with van der Waals surface area (Å²) in [5.41, 5.74) is 4.45. The van der Waals surface area contributed by atoms with Crippen molar-refractivity contribution in [2.24, 2.45) is 0 Å². The van der Waals surface area contributed by atoms with E-state index >= 15 is 0 Å². The van der Waals surface area contributed by atoms with Crippen LogP contribution in [-0.4, -0.2) is 27.9 Å². The molecule has 5 nitrogen and oxygen atoms in total. The number of aryl methyl sites for hydroxylation is 1. The van der Waals surface area contributed by atoms with Crippen molar-refractivity contribution in [3.63, 3.8) is 0 Å². The van der Waals surface area contributed by atoms with Crippen LogP contribution in [0.1, 0.15) is 33.7 Å². The molecule has 0 bridgehead atoms. The molecule has 0 radical (unpaired) electrons. The molecule has 1 aliphatic heterocycles. The Labute approximate surface area is 128 Å². The molecule has 1 aromatic heterocycles. The predicted molar refractivity (Wildman–Crippen MR) is 81.2 cm³/mol. The number of nitrogens with zero attached hydrogens (tertiary/aromatic N) is 3. The van der Waals surface area contributed by atoms with Gasteiger partial charge in [-0.25, -0.2) is 9.97 Å².